The predicted molar refractivity (Wildman–Crippen MR) is 105 cm³/mol. The fourth-order valence-electron chi connectivity index (χ4n) is 2.49. The third-order valence-corrected chi connectivity index (χ3v) is 3.95. The molecular weight excluding hydrogens is 374 g/mol. The Balaban J connectivity index is 1.57. The highest BCUT2D eigenvalue weighted by molar-refractivity contribution is 5.97. The summed E-state index contributed by atoms with van der Waals surface area (Å²) in [7, 11) is 1.53. The number of hydrogen-bond acceptors (Lipinski definition) is 6. The van der Waals surface area contributed by atoms with Crippen LogP contribution >= 0.6 is 0 Å². The lowest BCUT2D eigenvalue weighted by Crippen LogP contribution is -2.22. The molecule has 0 spiro atoms. The maximum atomic E-state index is 12.3. The molecule has 2 aromatic carbocycles. The van der Waals surface area contributed by atoms with Gasteiger partial charge in [0.2, 0.25) is 0 Å². The summed E-state index contributed by atoms with van der Waals surface area (Å²) in [6.45, 7) is 1.16. The highest BCUT2D eigenvalue weighted by atomic mass is 16.5. The zero-order valence-corrected chi connectivity index (χ0v) is 15.9. The molecule has 0 aliphatic carbocycles. The Morgan fingerprint density at radius 2 is 1.69 bits per heavy atom. The molecule has 0 atom stereocenters. The normalized spacial score (nSPS) is 10.3. The van der Waals surface area contributed by atoms with Crippen LogP contribution in [0.25, 0.3) is 5.69 Å². The number of rotatable bonds is 6. The van der Waals surface area contributed by atoms with Crippen molar-refractivity contribution in [2.45, 2.75) is 6.92 Å². The van der Waals surface area contributed by atoms with Crippen LogP contribution in [0, 0.1) is 6.92 Å². The van der Waals surface area contributed by atoms with Crippen molar-refractivity contribution < 1.29 is 19.1 Å². The molecule has 2 N–H and O–H groups in total. The molecule has 0 bridgehead atoms. The zero-order chi connectivity index (χ0) is 20.8. The first-order valence-corrected chi connectivity index (χ1v) is 8.76. The first-order chi connectivity index (χ1) is 14.0. The molecule has 0 radical (unpaired) electrons. The maximum absolute atomic E-state index is 12.3. The molecule has 0 saturated heterocycles. The van der Waals surface area contributed by atoms with Crippen LogP contribution in [0.5, 0.6) is 0 Å². The average molecular weight is 393 g/mol. The van der Waals surface area contributed by atoms with Crippen LogP contribution in [0.15, 0.2) is 54.6 Å². The maximum Gasteiger partial charge on any atom is 0.361 e. The van der Waals surface area contributed by atoms with E-state index in [0.717, 1.165) is 0 Å². The highest BCUT2D eigenvalue weighted by Crippen LogP contribution is 2.11. The van der Waals surface area contributed by atoms with Gasteiger partial charge in [-0.05, 0) is 43.3 Å². The first kappa shape index (κ1) is 19.7. The van der Waals surface area contributed by atoms with Crippen molar-refractivity contribution in [1.29, 1.82) is 0 Å². The van der Waals surface area contributed by atoms with Gasteiger partial charge < -0.3 is 15.4 Å². The molecule has 0 aliphatic rings. The number of aryl methyl sites for hydroxylation is 1. The standard InChI is InChI=1S/C20H19N5O4/c1-13-18(24-25(23-13)16-6-4-3-5-7-16)20(28)29-12-17(26)22-15-10-8-14(9-11-15)19(27)21-2/h3-11H,12H2,1-2H3,(H,21,27)(H,22,26). The Morgan fingerprint density at radius 1 is 1.00 bits per heavy atom. The smallest absolute Gasteiger partial charge is 0.361 e. The summed E-state index contributed by atoms with van der Waals surface area (Å²) in [6, 6.07) is 15.4. The number of nitrogens with zero attached hydrogens (tertiary/aromatic N) is 3. The van der Waals surface area contributed by atoms with E-state index < -0.39 is 18.5 Å². The van der Waals surface area contributed by atoms with Crippen molar-refractivity contribution in [2.75, 3.05) is 19.0 Å². The lowest BCUT2D eigenvalue weighted by atomic mass is 10.2. The van der Waals surface area contributed by atoms with E-state index in [2.05, 4.69) is 20.8 Å². The van der Waals surface area contributed by atoms with Crippen molar-refractivity contribution in [3.8, 4) is 5.69 Å². The van der Waals surface area contributed by atoms with Gasteiger partial charge >= 0.3 is 5.97 Å². The van der Waals surface area contributed by atoms with E-state index in [1.165, 1.54) is 11.8 Å². The zero-order valence-electron chi connectivity index (χ0n) is 15.9. The molecule has 0 aliphatic heterocycles. The number of ether oxygens (including phenoxy) is 1. The van der Waals surface area contributed by atoms with Crippen molar-refractivity contribution in [2.24, 2.45) is 0 Å². The first-order valence-electron chi connectivity index (χ1n) is 8.76. The second-order valence-corrected chi connectivity index (χ2v) is 6.04. The van der Waals surface area contributed by atoms with Crippen molar-refractivity contribution in [3.05, 3.63) is 71.5 Å². The number of carbonyl (C=O) groups is 3. The Morgan fingerprint density at radius 3 is 2.34 bits per heavy atom. The monoisotopic (exact) mass is 393 g/mol. The van der Waals surface area contributed by atoms with Gasteiger partial charge in [-0.15, -0.1) is 5.10 Å². The van der Waals surface area contributed by atoms with Gasteiger partial charge in [-0.3, -0.25) is 9.59 Å². The van der Waals surface area contributed by atoms with E-state index in [-0.39, 0.29) is 11.6 Å². The summed E-state index contributed by atoms with van der Waals surface area (Å²) in [5, 5.41) is 13.4. The fourth-order valence-corrected chi connectivity index (χ4v) is 2.49. The van der Waals surface area contributed by atoms with Crippen molar-refractivity contribution >= 4 is 23.5 Å². The van der Waals surface area contributed by atoms with E-state index in [1.54, 1.807) is 43.3 Å². The Bertz CT molecular complexity index is 1030. The largest absolute Gasteiger partial charge is 0.451 e. The summed E-state index contributed by atoms with van der Waals surface area (Å²) in [6.07, 6.45) is 0. The lowest BCUT2D eigenvalue weighted by Gasteiger charge is -2.07. The number of carbonyl (C=O) groups excluding carboxylic acids is 3. The number of anilines is 1. The molecule has 29 heavy (non-hydrogen) atoms. The van der Waals surface area contributed by atoms with Crippen molar-refractivity contribution in [3.63, 3.8) is 0 Å². The quantitative estimate of drug-likeness (QED) is 0.617. The number of aromatic nitrogens is 3. The van der Waals surface area contributed by atoms with Gasteiger partial charge in [0.25, 0.3) is 11.8 Å². The Kier molecular flexibility index (Phi) is 5.98. The Labute approximate surface area is 166 Å². The van der Waals surface area contributed by atoms with Crippen LogP contribution in [-0.2, 0) is 9.53 Å². The number of nitrogens with one attached hydrogen (secondary N) is 2. The second-order valence-electron chi connectivity index (χ2n) is 6.04. The third-order valence-electron chi connectivity index (χ3n) is 3.95. The van der Waals surface area contributed by atoms with E-state index in [4.69, 9.17) is 4.74 Å². The number of para-hydroxylation sites is 1. The lowest BCUT2D eigenvalue weighted by molar-refractivity contribution is -0.119. The van der Waals surface area contributed by atoms with Gasteiger partial charge in [-0.2, -0.15) is 9.90 Å². The summed E-state index contributed by atoms with van der Waals surface area (Å²) in [5.41, 5.74) is 2.08. The number of amides is 2. The second kappa shape index (κ2) is 8.79. The molecule has 0 fully saturated rings. The summed E-state index contributed by atoms with van der Waals surface area (Å²) < 4.78 is 5.04. The van der Waals surface area contributed by atoms with E-state index >= 15 is 0 Å². The molecule has 3 rings (SSSR count). The molecule has 1 heterocycles. The predicted octanol–water partition coefficient (Wildman–Crippen LogP) is 1.73. The van der Waals surface area contributed by atoms with Crippen LogP contribution in [0.4, 0.5) is 5.69 Å². The molecular formula is C20H19N5O4. The van der Waals surface area contributed by atoms with Gasteiger partial charge in [-0.25, -0.2) is 4.79 Å². The molecule has 148 valence electrons. The molecule has 1 aromatic heterocycles. The van der Waals surface area contributed by atoms with Crippen LogP contribution < -0.4 is 10.6 Å². The summed E-state index contributed by atoms with van der Waals surface area (Å²) in [5.74, 6) is -1.48. The molecule has 9 nitrogen and oxygen atoms in total. The van der Waals surface area contributed by atoms with Crippen LogP contribution in [-0.4, -0.2) is 46.4 Å². The van der Waals surface area contributed by atoms with Crippen LogP contribution in [0.1, 0.15) is 26.5 Å². The van der Waals surface area contributed by atoms with Gasteiger partial charge in [0.05, 0.1) is 11.4 Å². The summed E-state index contributed by atoms with van der Waals surface area (Å²) >= 11 is 0. The number of benzene rings is 2. The van der Waals surface area contributed by atoms with Crippen LogP contribution in [0.3, 0.4) is 0 Å². The Hall–Kier alpha value is -4.01. The van der Waals surface area contributed by atoms with E-state index in [0.29, 0.717) is 22.6 Å². The highest BCUT2D eigenvalue weighted by Gasteiger charge is 2.19. The molecule has 3 aromatic rings. The van der Waals surface area contributed by atoms with Gasteiger partial charge in [0.1, 0.15) is 0 Å². The summed E-state index contributed by atoms with van der Waals surface area (Å²) in [4.78, 5) is 37.1. The number of hydrogen-bond donors (Lipinski definition) is 2. The van der Waals surface area contributed by atoms with Gasteiger partial charge in [0.15, 0.2) is 12.3 Å². The number of esters is 1. The minimum atomic E-state index is -0.741. The minimum Gasteiger partial charge on any atom is -0.451 e. The fraction of sp³-hybridized carbons (Fsp3) is 0.150. The minimum absolute atomic E-state index is 0.0385. The molecule has 2 amide bonds. The van der Waals surface area contributed by atoms with Crippen molar-refractivity contribution in [1.82, 2.24) is 20.3 Å². The molecule has 0 saturated carbocycles. The SMILES string of the molecule is CNC(=O)c1ccc(NC(=O)COC(=O)c2nn(-c3ccccc3)nc2C)cc1. The molecule has 0 unspecified atom stereocenters. The molecule has 9 heteroatoms. The van der Waals surface area contributed by atoms with Gasteiger partial charge in [-0.1, -0.05) is 18.2 Å². The van der Waals surface area contributed by atoms with Crippen LogP contribution in [0.2, 0.25) is 0 Å². The van der Waals surface area contributed by atoms with E-state index in [9.17, 15) is 14.4 Å². The van der Waals surface area contributed by atoms with E-state index in [1.807, 2.05) is 18.2 Å². The topological polar surface area (TPSA) is 115 Å². The third kappa shape index (κ3) is 4.83. The average Bonchev–Trinajstić information content (AvgIpc) is 3.14. The van der Waals surface area contributed by atoms with Gasteiger partial charge in [0, 0.05) is 18.3 Å².